The zero-order valence-electron chi connectivity index (χ0n) is 20.1. The minimum atomic E-state index is -1.95. The minimum Gasteiger partial charge on any atom is -0.497 e. The molecule has 2 N–H and O–H groups in total. The summed E-state index contributed by atoms with van der Waals surface area (Å²) in [6.45, 7) is -0.0978. The fourth-order valence-electron chi connectivity index (χ4n) is 3.74. The van der Waals surface area contributed by atoms with E-state index in [9.17, 15) is 4.39 Å². The van der Waals surface area contributed by atoms with Gasteiger partial charge in [0.05, 0.1) is 27.2 Å². The predicted molar refractivity (Wildman–Crippen MR) is 133 cm³/mol. The van der Waals surface area contributed by atoms with Crippen LogP contribution in [-0.4, -0.2) is 52.6 Å². The first-order valence-electron chi connectivity index (χ1n) is 11.3. The highest BCUT2D eigenvalue weighted by molar-refractivity contribution is 7.42. The van der Waals surface area contributed by atoms with Gasteiger partial charge in [-0.3, -0.25) is 9.09 Å². The maximum absolute atomic E-state index is 15.0. The molecule has 1 saturated heterocycles. The number of anilines is 1. The summed E-state index contributed by atoms with van der Waals surface area (Å²) in [5.41, 5.74) is 6.77. The van der Waals surface area contributed by atoms with Gasteiger partial charge in [-0.2, -0.15) is 0 Å². The van der Waals surface area contributed by atoms with E-state index in [1.807, 2.05) is 0 Å². The van der Waals surface area contributed by atoms with Gasteiger partial charge in [0.1, 0.15) is 53.3 Å². The summed E-state index contributed by atoms with van der Waals surface area (Å²) >= 11 is 0. The van der Waals surface area contributed by atoms with Crippen molar-refractivity contribution in [3.63, 3.8) is 0 Å². The van der Waals surface area contributed by atoms with E-state index >= 15 is 0 Å². The summed E-state index contributed by atoms with van der Waals surface area (Å²) in [7, 11) is 1.20. The van der Waals surface area contributed by atoms with E-state index in [-0.39, 0.29) is 18.8 Å². The average molecular weight is 529 g/mol. The Morgan fingerprint density at radius 1 is 0.946 bits per heavy atom. The van der Waals surface area contributed by atoms with Crippen LogP contribution in [0.5, 0.6) is 23.0 Å². The molecule has 0 bridgehead atoms. The molecule has 0 spiro atoms. The number of nitrogens with zero attached hydrogens (tertiary/aromatic N) is 4. The number of hydrogen-bond donors (Lipinski definition) is 1. The van der Waals surface area contributed by atoms with Crippen LogP contribution in [0.25, 0.3) is 11.2 Å². The molecule has 0 radical (unpaired) electrons. The lowest BCUT2D eigenvalue weighted by Crippen LogP contribution is -2.23. The van der Waals surface area contributed by atoms with Gasteiger partial charge >= 0.3 is 8.60 Å². The van der Waals surface area contributed by atoms with Crippen LogP contribution in [-0.2, 0) is 9.26 Å². The Morgan fingerprint density at radius 3 is 2.14 bits per heavy atom. The molecule has 3 unspecified atom stereocenters. The summed E-state index contributed by atoms with van der Waals surface area (Å²) in [4.78, 5) is 12.4. The Hall–Kier alpha value is -3.73. The van der Waals surface area contributed by atoms with Crippen molar-refractivity contribution in [2.24, 2.45) is 0 Å². The van der Waals surface area contributed by atoms with Crippen molar-refractivity contribution in [1.29, 1.82) is 0 Å². The predicted octanol–water partition coefficient (Wildman–Crippen LogP) is 4.45. The number of hydrogen-bond acceptors (Lipinski definition) is 10. The number of benzene rings is 2. The molecule has 0 saturated carbocycles. The van der Waals surface area contributed by atoms with E-state index in [0.29, 0.717) is 34.2 Å². The number of nitrogen functional groups attached to an aromatic ring is 1. The molecule has 4 aromatic rings. The summed E-state index contributed by atoms with van der Waals surface area (Å²) < 4.78 is 50.8. The second-order valence-electron chi connectivity index (χ2n) is 8.02. The van der Waals surface area contributed by atoms with Crippen molar-refractivity contribution in [2.75, 3.05) is 26.6 Å². The highest BCUT2D eigenvalue weighted by Gasteiger charge is 2.38. The standard InChI is InChI=1S/C24H25FN5O6P/c1-31-15-3-7-17(8-4-15)35-37(36-18-9-5-16(32-2)6-10-18)33-12-20-19(25)11-21(34-20)30-14-29-22-23(26)27-13-28-24(22)30/h3-10,13-14,19-21H,11-12H2,1-2H3,(H2,26,27,28). The zero-order valence-corrected chi connectivity index (χ0v) is 21.0. The van der Waals surface area contributed by atoms with Gasteiger partial charge in [-0.15, -0.1) is 0 Å². The number of nitrogens with two attached hydrogens (primary N) is 1. The number of halogens is 1. The molecular weight excluding hydrogens is 504 g/mol. The second kappa shape index (κ2) is 11.1. The maximum Gasteiger partial charge on any atom is 0.463 e. The molecule has 1 aliphatic heterocycles. The van der Waals surface area contributed by atoms with E-state index in [4.69, 9.17) is 33.5 Å². The van der Waals surface area contributed by atoms with Crippen molar-refractivity contribution in [3.8, 4) is 23.0 Å². The van der Waals surface area contributed by atoms with Crippen molar-refractivity contribution in [2.45, 2.75) is 24.9 Å². The number of ether oxygens (including phenoxy) is 3. The fourth-order valence-corrected chi connectivity index (χ4v) is 4.74. The summed E-state index contributed by atoms with van der Waals surface area (Å²) in [5.74, 6) is 2.61. The molecule has 0 amide bonds. The molecule has 3 atom stereocenters. The van der Waals surface area contributed by atoms with Crippen molar-refractivity contribution in [1.82, 2.24) is 19.5 Å². The molecule has 11 nitrogen and oxygen atoms in total. The second-order valence-corrected chi connectivity index (χ2v) is 9.09. The third-order valence-corrected chi connectivity index (χ3v) is 6.76. The van der Waals surface area contributed by atoms with Crippen LogP contribution in [0, 0.1) is 0 Å². The van der Waals surface area contributed by atoms with Crippen molar-refractivity contribution in [3.05, 3.63) is 61.2 Å². The van der Waals surface area contributed by atoms with Gasteiger partial charge in [0.15, 0.2) is 11.5 Å². The van der Waals surface area contributed by atoms with Gasteiger partial charge in [-0.1, -0.05) is 0 Å². The molecular formula is C24H25FN5O6P. The number of fused-ring (bicyclic) bond motifs is 1. The first kappa shape index (κ1) is 24.9. The van der Waals surface area contributed by atoms with Crippen LogP contribution in [0.15, 0.2) is 61.2 Å². The smallest absolute Gasteiger partial charge is 0.463 e. The van der Waals surface area contributed by atoms with Gasteiger partial charge in [0.25, 0.3) is 0 Å². The molecule has 2 aromatic heterocycles. The molecule has 5 rings (SSSR count). The van der Waals surface area contributed by atoms with Crippen molar-refractivity contribution >= 4 is 25.6 Å². The minimum absolute atomic E-state index is 0.0972. The van der Waals surface area contributed by atoms with Gasteiger partial charge < -0.3 is 29.0 Å². The van der Waals surface area contributed by atoms with E-state index in [1.165, 1.54) is 12.7 Å². The van der Waals surface area contributed by atoms with Gasteiger partial charge in [0, 0.05) is 6.42 Å². The first-order valence-corrected chi connectivity index (χ1v) is 12.4. The number of aromatic nitrogens is 4. The van der Waals surface area contributed by atoms with Crippen LogP contribution in [0.1, 0.15) is 12.6 Å². The molecule has 13 heteroatoms. The van der Waals surface area contributed by atoms with E-state index in [0.717, 1.165) is 0 Å². The SMILES string of the molecule is COc1ccc(OP(OCC2OC(n3cnc4c(N)ncnc43)CC2F)Oc2ccc(OC)cc2)cc1. The Bertz CT molecular complexity index is 1280. The fraction of sp³-hybridized carbons (Fsp3) is 0.292. The summed E-state index contributed by atoms with van der Waals surface area (Å²) in [5, 5.41) is 0. The number of methoxy groups -OCH3 is 2. The molecule has 0 aliphatic carbocycles. The molecule has 1 aliphatic rings. The maximum atomic E-state index is 15.0. The third kappa shape index (κ3) is 5.66. The van der Waals surface area contributed by atoms with Crippen LogP contribution >= 0.6 is 8.60 Å². The highest BCUT2D eigenvalue weighted by Crippen LogP contribution is 2.43. The lowest BCUT2D eigenvalue weighted by atomic mass is 10.2. The Balaban J connectivity index is 1.27. The highest BCUT2D eigenvalue weighted by atomic mass is 31.2. The van der Waals surface area contributed by atoms with Gasteiger partial charge in [-0.25, -0.2) is 19.3 Å². The van der Waals surface area contributed by atoms with E-state index in [1.54, 1.807) is 67.3 Å². The van der Waals surface area contributed by atoms with Crippen LogP contribution in [0.4, 0.5) is 10.2 Å². The quantitative estimate of drug-likeness (QED) is 0.295. The molecule has 3 heterocycles. The topological polar surface area (TPSA) is 125 Å². The van der Waals surface area contributed by atoms with Crippen LogP contribution in [0.3, 0.4) is 0 Å². The largest absolute Gasteiger partial charge is 0.497 e. The third-order valence-electron chi connectivity index (χ3n) is 5.68. The van der Waals surface area contributed by atoms with Crippen molar-refractivity contribution < 1.29 is 32.2 Å². The normalized spacial score (nSPS) is 19.3. The first-order chi connectivity index (χ1) is 18.0. The number of alkyl halides is 1. The Kier molecular flexibility index (Phi) is 7.50. The van der Waals surface area contributed by atoms with Crippen LogP contribution in [0.2, 0.25) is 0 Å². The number of rotatable bonds is 10. The summed E-state index contributed by atoms with van der Waals surface area (Å²) in [6, 6.07) is 13.9. The average Bonchev–Trinajstić information content (AvgIpc) is 3.52. The molecule has 2 aromatic carbocycles. The Labute approximate surface area is 213 Å². The Morgan fingerprint density at radius 2 is 1.54 bits per heavy atom. The molecule has 1 fully saturated rings. The van der Waals surface area contributed by atoms with Gasteiger partial charge in [-0.05, 0) is 48.5 Å². The zero-order chi connectivity index (χ0) is 25.8. The lowest BCUT2D eigenvalue weighted by Gasteiger charge is -2.20. The summed E-state index contributed by atoms with van der Waals surface area (Å²) in [6.07, 6.45) is 0.173. The number of imidazole rings is 1. The van der Waals surface area contributed by atoms with E-state index in [2.05, 4.69) is 15.0 Å². The monoisotopic (exact) mass is 529 g/mol. The molecule has 194 valence electrons. The van der Waals surface area contributed by atoms with Crippen LogP contribution < -0.4 is 24.3 Å². The lowest BCUT2D eigenvalue weighted by molar-refractivity contribution is -0.0284. The van der Waals surface area contributed by atoms with E-state index < -0.39 is 27.1 Å². The molecule has 37 heavy (non-hydrogen) atoms. The van der Waals surface area contributed by atoms with Gasteiger partial charge in [0.2, 0.25) is 0 Å².